The minimum atomic E-state index is -0.267. The van der Waals surface area contributed by atoms with Crippen LogP contribution in [0.15, 0.2) is 34.4 Å². The van der Waals surface area contributed by atoms with Crippen LogP contribution in [0.3, 0.4) is 0 Å². The highest BCUT2D eigenvalue weighted by molar-refractivity contribution is 7.16. The zero-order valence-electron chi connectivity index (χ0n) is 12.0. The molecule has 0 spiro atoms. The van der Waals surface area contributed by atoms with Gasteiger partial charge in [-0.05, 0) is 24.3 Å². The lowest BCUT2D eigenvalue weighted by Gasteiger charge is -2.08. The second-order valence-electron chi connectivity index (χ2n) is 4.52. The van der Waals surface area contributed by atoms with Crippen LogP contribution in [0.5, 0.6) is 5.75 Å². The van der Waals surface area contributed by atoms with Crippen molar-refractivity contribution in [1.29, 1.82) is 0 Å². The van der Waals surface area contributed by atoms with E-state index < -0.39 is 0 Å². The van der Waals surface area contributed by atoms with Crippen LogP contribution in [0.2, 0.25) is 0 Å². The van der Waals surface area contributed by atoms with Gasteiger partial charge >= 0.3 is 0 Å². The maximum absolute atomic E-state index is 12.7. The summed E-state index contributed by atoms with van der Waals surface area (Å²) in [5, 5.41) is 10.7. The number of nitrogens with one attached hydrogen (secondary N) is 1. The highest BCUT2D eigenvalue weighted by Gasteiger charge is 2.16. The van der Waals surface area contributed by atoms with Gasteiger partial charge in [-0.1, -0.05) is 0 Å². The quantitative estimate of drug-likeness (QED) is 0.748. The third-order valence-electron chi connectivity index (χ3n) is 3.34. The molecule has 0 bridgehead atoms. The molecule has 0 radical (unpaired) electrons. The Morgan fingerprint density at radius 1 is 1.32 bits per heavy atom. The summed E-state index contributed by atoms with van der Waals surface area (Å²) < 4.78 is 6.34. The van der Waals surface area contributed by atoms with Gasteiger partial charge in [-0.2, -0.15) is 9.78 Å². The number of aromatic nitrogens is 2. The summed E-state index contributed by atoms with van der Waals surface area (Å²) in [5.41, 5.74) is 0.545. The van der Waals surface area contributed by atoms with Gasteiger partial charge in [-0.15, -0.1) is 11.3 Å². The van der Waals surface area contributed by atoms with Crippen molar-refractivity contribution in [2.24, 2.45) is 0 Å². The first-order valence-electron chi connectivity index (χ1n) is 6.51. The molecule has 0 aliphatic carbocycles. The predicted molar refractivity (Wildman–Crippen MR) is 86.7 cm³/mol. The summed E-state index contributed by atoms with van der Waals surface area (Å²) in [4.78, 5) is 24.0. The van der Waals surface area contributed by atoms with Crippen molar-refractivity contribution in [3.63, 3.8) is 0 Å². The molecule has 22 heavy (non-hydrogen) atoms. The fourth-order valence-corrected chi connectivity index (χ4v) is 3.15. The summed E-state index contributed by atoms with van der Waals surface area (Å²) in [6, 6.07) is 6.92. The van der Waals surface area contributed by atoms with Gasteiger partial charge in [0.15, 0.2) is 6.29 Å². The fraction of sp³-hybridized carbons (Fsp3) is 0.133. The van der Waals surface area contributed by atoms with E-state index in [1.165, 1.54) is 16.0 Å². The Balaban J connectivity index is 2.31. The van der Waals surface area contributed by atoms with E-state index in [0.717, 1.165) is 0 Å². The molecule has 0 aliphatic heterocycles. The molecule has 3 rings (SSSR count). The van der Waals surface area contributed by atoms with Crippen LogP contribution < -0.4 is 15.6 Å². The van der Waals surface area contributed by atoms with Crippen LogP contribution in [0.1, 0.15) is 10.5 Å². The average molecular weight is 315 g/mol. The summed E-state index contributed by atoms with van der Waals surface area (Å²) in [7, 11) is 3.31. The molecule has 1 N–H and O–H groups in total. The standard InChI is InChI=1S/C15H13N3O3S/c1-16-14-13-11(8-22-14)12(7-19)17-18(15(13)20)9-3-5-10(21-2)6-4-9/h3-8,16H,1-2H3. The van der Waals surface area contributed by atoms with Crippen LogP contribution in [-0.4, -0.2) is 30.2 Å². The number of ether oxygens (including phenoxy) is 1. The first-order valence-corrected chi connectivity index (χ1v) is 7.39. The van der Waals surface area contributed by atoms with Crippen LogP contribution in [0.4, 0.5) is 5.00 Å². The summed E-state index contributed by atoms with van der Waals surface area (Å²) in [5.74, 6) is 0.680. The van der Waals surface area contributed by atoms with E-state index in [9.17, 15) is 9.59 Å². The van der Waals surface area contributed by atoms with E-state index in [0.29, 0.717) is 33.5 Å². The molecular weight excluding hydrogens is 302 g/mol. The first-order chi connectivity index (χ1) is 10.7. The van der Waals surface area contributed by atoms with E-state index in [4.69, 9.17) is 4.74 Å². The number of aldehydes is 1. The molecule has 2 heterocycles. The number of thiophene rings is 1. The number of fused-ring (bicyclic) bond motifs is 1. The third-order valence-corrected chi connectivity index (χ3v) is 4.33. The first kappa shape index (κ1) is 14.3. The molecule has 0 saturated carbocycles. The lowest BCUT2D eigenvalue weighted by Crippen LogP contribution is -2.23. The molecule has 7 heteroatoms. The normalized spacial score (nSPS) is 10.6. The Kier molecular flexibility index (Phi) is 3.64. The second kappa shape index (κ2) is 5.61. The van der Waals surface area contributed by atoms with Crippen LogP contribution in [-0.2, 0) is 0 Å². The largest absolute Gasteiger partial charge is 0.497 e. The van der Waals surface area contributed by atoms with E-state index in [1.54, 1.807) is 43.8 Å². The van der Waals surface area contributed by atoms with Gasteiger partial charge in [0.2, 0.25) is 0 Å². The molecule has 0 atom stereocenters. The maximum Gasteiger partial charge on any atom is 0.282 e. The topological polar surface area (TPSA) is 73.2 Å². The van der Waals surface area contributed by atoms with Gasteiger partial charge in [0.05, 0.1) is 18.2 Å². The number of rotatable bonds is 4. The molecule has 112 valence electrons. The Morgan fingerprint density at radius 3 is 2.64 bits per heavy atom. The van der Waals surface area contributed by atoms with E-state index >= 15 is 0 Å². The Bertz CT molecular complexity index is 897. The fourth-order valence-electron chi connectivity index (χ4n) is 2.24. The second-order valence-corrected chi connectivity index (χ2v) is 5.40. The molecule has 0 amide bonds. The van der Waals surface area contributed by atoms with Gasteiger partial charge in [-0.3, -0.25) is 9.59 Å². The molecule has 1 aromatic carbocycles. The monoisotopic (exact) mass is 315 g/mol. The molecule has 2 aromatic heterocycles. The summed E-state index contributed by atoms with van der Waals surface area (Å²) in [6.45, 7) is 0. The Morgan fingerprint density at radius 2 is 2.05 bits per heavy atom. The van der Waals surface area contributed by atoms with Crippen molar-refractivity contribution in [1.82, 2.24) is 9.78 Å². The van der Waals surface area contributed by atoms with Crippen molar-refractivity contribution in [2.75, 3.05) is 19.5 Å². The number of hydrogen-bond acceptors (Lipinski definition) is 6. The molecule has 0 fully saturated rings. The van der Waals surface area contributed by atoms with Crippen LogP contribution in [0.25, 0.3) is 16.5 Å². The third kappa shape index (κ3) is 2.15. The maximum atomic E-state index is 12.7. The van der Waals surface area contributed by atoms with Gasteiger partial charge in [-0.25, -0.2) is 0 Å². The lowest BCUT2D eigenvalue weighted by molar-refractivity contribution is 0.111. The smallest absolute Gasteiger partial charge is 0.282 e. The van der Waals surface area contributed by atoms with Gasteiger partial charge < -0.3 is 10.1 Å². The molecule has 6 nitrogen and oxygen atoms in total. The molecule has 0 aliphatic rings. The number of benzene rings is 1. The molecule has 0 unspecified atom stereocenters. The van der Waals surface area contributed by atoms with Crippen molar-refractivity contribution >= 4 is 33.4 Å². The van der Waals surface area contributed by atoms with E-state index in [2.05, 4.69) is 10.4 Å². The van der Waals surface area contributed by atoms with Crippen molar-refractivity contribution in [3.05, 3.63) is 45.7 Å². The van der Waals surface area contributed by atoms with Gasteiger partial charge in [0.25, 0.3) is 5.56 Å². The van der Waals surface area contributed by atoms with Crippen molar-refractivity contribution < 1.29 is 9.53 Å². The minimum absolute atomic E-state index is 0.239. The lowest BCUT2D eigenvalue weighted by atomic mass is 10.2. The molecule has 3 aromatic rings. The average Bonchev–Trinajstić information content (AvgIpc) is 3.00. The zero-order valence-corrected chi connectivity index (χ0v) is 12.8. The zero-order chi connectivity index (χ0) is 15.7. The number of hydrogen-bond donors (Lipinski definition) is 1. The van der Waals surface area contributed by atoms with Crippen molar-refractivity contribution in [3.8, 4) is 11.4 Å². The van der Waals surface area contributed by atoms with E-state index in [1.807, 2.05) is 0 Å². The number of anilines is 1. The molecule has 0 saturated heterocycles. The van der Waals surface area contributed by atoms with Gasteiger partial charge in [0.1, 0.15) is 16.4 Å². The van der Waals surface area contributed by atoms with Crippen LogP contribution >= 0.6 is 11.3 Å². The Labute approximate surface area is 130 Å². The highest BCUT2D eigenvalue weighted by Crippen LogP contribution is 2.29. The van der Waals surface area contributed by atoms with Crippen LogP contribution in [0, 0.1) is 0 Å². The van der Waals surface area contributed by atoms with Gasteiger partial charge in [0, 0.05) is 17.8 Å². The number of carbonyl (C=O) groups excluding carboxylic acids is 1. The summed E-state index contributed by atoms with van der Waals surface area (Å²) >= 11 is 1.37. The van der Waals surface area contributed by atoms with E-state index in [-0.39, 0.29) is 11.3 Å². The SMILES string of the molecule is CNc1scc2c(C=O)nn(-c3ccc(OC)cc3)c(=O)c12. The minimum Gasteiger partial charge on any atom is -0.497 e. The molecular formula is C15H13N3O3S. The van der Waals surface area contributed by atoms with Crippen molar-refractivity contribution in [2.45, 2.75) is 0 Å². The number of nitrogens with zero attached hydrogens (tertiary/aromatic N) is 2. The number of carbonyl (C=O) groups is 1. The highest BCUT2D eigenvalue weighted by atomic mass is 32.1. The predicted octanol–water partition coefficient (Wildman–Crippen LogP) is 2.31. The number of methoxy groups -OCH3 is 1. The Hall–Kier alpha value is -2.67. The summed E-state index contributed by atoms with van der Waals surface area (Å²) in [6.07, 6.45) is 0.661.